The summed E-state index contributed by atoms with van der Waals surface area (Å²) in [5.74, 6) is 0.100. The summed E-state index contributed by atoms with van der Waals surface area (Å²) in [5.41, 5.74) is 1.67. The maximum absolute atomic E-state index is 12.6. The molecule has 0 aromatic heterocycles. The predicted octanol–water partition coefficient (Wildman–Crippen LogP) is 2.68. The molecule has 2 aromatic rings. The van der Waals surface area contributed by atoms with Crippen molar-refractivity contribution in [2.45, 2.75) is 13.0 Å². The molecule has 28 heavy (non-hydrogen) atoms. The van der Waals surface area contributed by atoms with Crippen LogP contribution in [0.3, 0.4) is 0 Å². The lowest BCUT2D eigenvalue weighted by atomic mass is 10.1. The molecule has 0 bridgehead atoms. The number of rotatable bonds is 5. The van der Waals surface area contributed by atoms with E-state index in [1.807, 2.05) is 19.1 Å². The zero-order chi connectivity index (χ0) is 19.9. The monoisotopic (exact) mass is 402 g/mol. The highest BCUT2D eigenvalue weighted by molar-refractivity contribution is 6.32. The van der Waals surface area contributed by atoms with E-state index in [1.165, 1.54) is 0 Å². The van der Waals surface area contributed by atoms with Crippen molar-refractivity contribution in [3.8, 4) is 5.75 Å². The van der Waals surface area contributed by atoms with Crippen LogP contribution in [0.5, 0.6) is 5.75 Å². The van der Waals surface area contributed by atoms with E-state index in [9.17, 15) is 9.59 Å². The van der Waals surface area contributed by atoms with Gasteiger partial charge >= 0.3 is 0 Å². The van der Waals surface area contributed by atoms with Crippen molar-refractivity contribution in [1.29, 1.82) is 0 Å². The molecule has 1 heterocycles. The highest BCUT2D eigenvalue weighted by Crippen LogP contribution is 2.23. The van der Waals surface area contributed by atoms with Gasteiger partial charge in [-0.3, -0.25) is 9.59 Å². The van der Waals surface area contributed by atoms with Gasteiger partial charge in [0.05, 0.1) is 24.3 Å². The van der Waals surface area contributed by atoms with Crippen LogP contribution >= 0.6 is 11.6 Å². The van der Waals surface area contributed by atoms with Crippen LogP contribution in [0.15, 0.2) is 48.5 Å². The van der Waals surface area contributed by atoms with E-state index in [-0.39, 0.29) is 24.5 Å². The lowest BCUT2D eigenvalue weighted by Crippen LogP contribution is -2.47. The standard InChI is InChI=1S/C21H23ClN2O4/c1-15-6-8-16(9-7-15)21(26)23-17-12-24(10-11-27-13-17)20(25)14-28-19-5-3-2-4-18(19)22/h2-9,17H,10-14H2,1H3,(H,23,26). The first-order valence-corrected chi connectivity index (χ1v) is 9.51. The second-order valence-corrected chi connectivity index (χ2v) is 7.08. The molecule has 0 spiro atoms. The van der Waals surface area contributed by atoms with Gasteiger partial charge in [0.15, 0.2) is 6.61 Å². The molecular weight excluding hydrogens is 380 g/mol. The molecule has 1 aliphatic rings. The van der Waals surface area contributed by atoms with E-state index < -0.39 is 0 Å². The lowest BCUT2D eigenvalue weighted by molar-refractivity contribution is -0.133. The maximum atomic E-state index is 12.6. The third kappa shape index (κ3) is 5.47. The van der Waals surface area contributed by atoms with Crippen molar-refractivity contribution in [2.75, 3.05) is 32.9 Å². The van der Waals surface area contributed by atoms with E-state index in [1.54, 1.807) is 41.3 Å². The molecule has 1 saturated heterocycles. The Balaban J connectivity index is 1.56. The van der Waals surface area contributed by atoms with Gasteiger partial charge in [-0.15, -0.1) is 0 Å². The minimum absolute atomic E-state index is 0.123. The van der Waals surface area contributed by atoms with Crippen molar-refractivity contribution < 1.29 is 19.1 Å². The topological polar surface area (TPSA) is 67.9 Å². The van der Waals surface area contributed by atoms with E-state index >= 15 is 0 Å². The summed E-state index contributed by atoms with van der Waals surface area (Å²) < 4.78 is 11.1. The minimum atomic E-state index is -0.291. The number of amides is 2. The SMILES string of the molecule is Cc1ccc(C(=O)NC2COCCN(C(=O)COc3ccccc3Cl)C2)cc1. The van der Waals surface area contributed by atoms with Gasteiger partial charge in [0.1, 0.15) is 5.75 Å². The number of halogens is 1. The number of nitrogens with one attached hydrogen (secondary N) is 1. The fourth-order valence-corrected chi connectivity index (χ4v) is 3.08. The van der Waals surface area contributed by atoms with Gasteiger partial charge in [-0.05, 0) is 31.2 Å². The number of carbonyl (C=O) groups is 2. The number of nitrogens with zero attached hydrogens (tertiary/aromatic N) is 1. The molecule has 1 fully saturated rings. The first kappa shape index (κ1) is 20.2. The molecule has 148 valence electrons. The smallest absolute Gasteiger partial charge is 0.260 e. The van der Waals surface area contributed by atoms with Crippen LogP contribution in [-0.2, 0) is 9.53 Å². The van der Waals surface area contributed by atoms with E-state index in [0.29, 0.717) is 42.6 Å². The van der Waals surface area contributed by atoms with Crippen LogP contribution in [0.25, 0.3) is 0 Å². The molecule has 0 saturated carbocycles. The fourth-order valence-electron chi connectivity index (χ4n) is 2.89. The third-order valence-electron chi connectivity index (χ3n) is 4.45. The Morgan fingerprint density at radius 3 is 2.71 bits per heavy atom. The number of aryl methyl sites for hydroxylation is 1. The van der Waals surface area contributed by atoms with Crippen LogP contribution in [0.4, 0.5) is 0 Å². The van der Waals surface area contributed by atoms with Gasteiger partial charge in [-0.1, -0.05) is 41.4 Å². The number of carbonyl (C=O) groups excluding carboxylic acids is 2. The Hall–Kier alpha value is -2.57. The molecule has 1 N–H and O–H groups in total. The first-order valence-electron chi connectivity index (χ1n) is 9.13. The molecular formula is C21H23ClN2O4. The number of benzene rings is 2. The fraction of sp³-hybridized carbons (Fsp3) is 0.333. The normalized spacial score (nSPS) is 16.9. The molecule has 2 amide bonds. The Bertz CT molecular complexity index is 825. The quantitative estimate of drug-likeness (QED) is 0.834. The van der Waals surface area contributed by atoms with Gasteiger partial charge in [0, 0.05) is 18.7 Å². The zero-order valence-corrected chi connectivity index (χ0v) is 16.4. The van der Waals surface area contributed by atoms with Gasteiger partial charge in [0.2, 0.25) is 0 Å². The second kappa shape index (κ2) is 9.57. The Morgan fingerprint density at radius 2 is 1.96 bits per heavy atom. The minimum Gasteiger partial charge on any atom is -0.482 e. The summed E-state index contributed by atoms with van der Waals surface area (Å²) in [4.78, 5) is 26.7. The molecule has 7 heteroatoms. The molecule has 0 radical (unpaired) electrons. The van der Waals surface area contributed by atoms with E-state index in [2.05, 4.69) is 5.32 Å². The Labute approximate surface area is 169 Å². The number of ether oxygens (including phenoxy) is 2. The van der Waals surface area contributed by atoms with Crippen molar-refractivity contribution in [3.63, 3.8) is 0 Å². The maximum Gasteiger partial charge on any atom is 0.260 e. The van der Waals surface area contributed by atoms with E-state index in [4.69, 9.17) is 21.1 Å². The van der Waals surface area contributed by atoms with Crippen molar-refractivity contribution in [2.24, 2.45) is 0 Å². The summed E-state index contributed by atoms with van der Waals surface area (Å²) in [6, 6.07) is 14.1. The van der Waals surface area contributed by atoms with Crippen molar-refractivity contribution >= 4 is 23.4 Å². The van der Waals surface area contributed by atoms with Crippen LogP contribution in [0.1, 0.15) is 15.9 Å². The zero-order valence-electron chi connectivity index (χ0n) is 15.7. The highest BCUT2D eigenvalue weighted by atomic mass is 35.5. The first-order chi connectivity index (χ1) is 13.5. The molecule has 6 nitrogen and oxygen atoms in total. The molecule has 1 atom stereocenters. The summed E-state index contributed by atoms with van der Waals surface area (Å²) in [5, 5.41) is 3.40. The lowest BCUT2D eigenvalue weighted by Gasteiger charge is -2.24. The van der Waals surface area contributed by atoms with Gasteiger partial charge in [0.25, 0.3) is 11.8 Å². The summed E-state index contributed by atoms with van der Waals surface area (Å²) >= 11 is 6.05. The average Bonchev–Trinajstić information content (AvgIpc) is 2.93. The van der Waals surface area contributed by atoms with Crippen LogP contribution < -0.4 is 10.1 Å². The Kier molecular flexibility index (Phi) is 6.90. The molecule has 1 unspecified atom stereocenters. The van der Waals surface area contributed by atoms with Crippen molar-refractivity contribution in [1.82, 2.24) is 10.2 Å². The van der Waals surface area contributed by atoms with Gasteiger partial charge in [-0.25, -0.2) is 0 Å². The second-order valence-electron chi connectivity index (χ2n) is 6.67. The molecule has 3 rings (SSSR count). The molecule has 2 aromatic carbocycles. The van der Waals surface area contributed by atoms with Crippen LogP contribution in [0.2, 0.25) is 5.02 Å². The van der Waals surface area contributed by atoms with Gasteiger partial charge in [-0.2, -0.15) is 0 Å². The average molecular weight is 403 g/mol. The third-order valence-corrected chi connectivity index (χ3v) is 4.77. The summed E-state index contributed by atoms with van der Waals surface area (Å²) in [6.45, 7) is 3.42. The van der Waals surface area contributed by atoms with Gasteiger partial charge < -0.3 is 19.7 Å². The molecule has 1 aliphatic heterocycles. The number of para-hydroxylation sites is 1. The van der Waals surface area contributed by atoms with Crippen LogP contribution in [0, 0.1) is 6.92 Å². The highest BCUT2D eigenvalue weighted by Gasteiger charge is 2.24. The summed E-state index contributed by atoms with van der Waals surface area (Å²) in [6.07, 6.45) is 0. The number of hydrogen-bond acceptors (Lipinski definition) is 4. The van der Waals surface area contributed by atoms with Crippen molar-refractivity contribution in [3.05, 3.63) is 64.7 Å². The Morgan fingerprint density at radius 1 is 1.21 bits per heavy atom. The molecule has 0 aliphatic carbocycles. The van der Waals surface area contributed by atoms with E-state index in [0.717, 1.165) is 5.56 Å². The van der Waals surface area contributed by atoms with Crippen LogP contribution in [-0.4, -0.2) is 55.7 Å². The number of hydrogen-bond donors (Lipinski definition) is 1. The predicted molar refractivity (Wildman–Crippen MR) is 107 cm³/mol. The largest absolute Gasteiger partial charge is 0.482 e. The summed E-state index contributed by atoms with van der Waals surface area (Å²) in [7, 11) is 0.